The first-order valence-electron chi connectivity index (χ1n) is 9.70. The third kappa shape index (κ3) is 7.00. The molecule has 11 heteroatoms. The van der Waals surface area contributed by atoms with E-state index < -0.39 is 23.4 Å². The van der Waals surface area contributed by atoms with Crippen LogP contribution in [0.2, 0.25) is 0 Å². The second-order valence-corrected chi connectivity index (χ2v) is 7.22. The Morgan fingerprint density at radius 1 is 1.16 bits per heavy atom. The molecule has 31 heavy (non-hydrogen) atoms. The maximum atomic E-state index is 12.4. The lowest BCUT2D eigenvalue weighted by Gasteiger charge is -2.18. The molecule has 0 spiro atoms. The molecular formula is C20H28N6O5. The van der Waals surface area contributed by atoms with Gasteiger partial charge in [-0.05, 0) is 36.6 Å². The fourth-order valence-corrected chi connectivity index (χ4v) is 2.76. The summed E-state index contributed by atoms with van der Waals surface area (Å²) >= 11 is 0. The number of primary amides is 2. The molecule has 1 heterocycles. The van der Waals surface area contributed by atoms with E-state index in [0.717, 1.165) is 0 Å². The van der Waals surface area contributed by atoms with E-state index in [0.29, 0.717) is 31.1 Å². The number of anilines is 3. The van der Waals surface area contributed by atoms with Crippen LogP contribution in [0.4, 0.5) is 17.5 Å². The number of aromatic amines is 1. The molecule has 0 aliphatic carbocycles. The summed E-state index contributed by atoms with van der Waals surface area (Å²) in [7, 11) is 1.58. The summed E-state index contributed by atoms with van der Waals surface area (Å²) in [6, 6.07) is 6.04. The number of nitrogens with two attached hydrogens (primary N) is 2. The van der Waals surface area contributed by atoms with Gasteiger partial charge in [-0.3, -0.25) is 19.4 Å². The number of nitrogens with zero attached hydrogens (tertiary/aromatic N) is 1. The lowest BCUT2D eigenvalue weighted by atomic mass is 10.0. The van der Waals surface area contributed by atoms with Crippen LogP contribution in [-0.4, -0.2) is 48.1 Å². The predicted molar refractivity (Wildman–Crippen MR) is 117 cm³/mol. The van der Waals surface area contributed by atoms with Gasteiger partial charge in [-0.25, -0.2) is 0 Å². The predicted octanol–water partition coefficient (Wildman–Crippen LogP) is 0.950. The molecule has 2 amide bonds. The van der Waals surface area contributed by atoms with Gasteiger partial charge in [0.2, 0.25) is 11.9 Å². The van der Waals surface area contributed by atoms with Crippen molar-refractivity contribution >= 4 is 29.3 Å². The number of rotatable bonds is 12. The lowest BCUT2D eigenvalue weighted by molar-refractivity contribution is -0.119. The van der Waals surface area contributed by atoms with Crippen molar-refractivity contribution in [3.8, 4) is 5.75 Å². The fraction of sp³-hybridized carbons (Fsp3) is 0.400. The monoisotopic (exact) mass is 432 g/mol. The average molecular weight is 432 g/mol. The molecule has 2 rings (SSSR count). The Morgan fingerprint density at radius 3 is 2.39 bits per heavy atom. The van der Waals surface area contributed by atoms with E-state index in [4.69, 9.17) is 20.9 Å². The van der Waals surface area contributed by atoms with Crippen molar-refractivity contribution in [3.05, 3.63) is 40.2 Å². The molecule has 1 aromatic carbocycles. The number of methoxy groups -OCH3 is 1. The maximum absolute atomic E-state index is 12.4. The van der Waals surface area contributed by atoms with Gasteiger partial charge < -0.3 is 31.6 Å². The zero-order chi connectivity index (χ0) is 23.0. The van der Waals surface area contributed by atoms with Crippen molar-refractivity contribution in [2.45, 2.75) is 26.3 Å². The third-order valence-electron chi connectivity index (χ3n) is 4.20. The number of carbonyl (C=O) groups excluding carboxylic acids is 2. The standard InChI is InChI=1S/C20H28N6O5/c1-11(2)10-14(16(21)27)24-20-25-18(15(17(22)28)19(29)26-20)23-12-4-6-13(7-5-12)31-9-8-30-3/h4-7,11,14H,8-10H2,1-3H3,(H2,21,27)(H2,22,28)(H3,23,24,25,26,29). The minimum atomic E-state index is -0.948. The molecule has 0 aliphatic rings. The summed E-state index contributed by atoms with van der Waals surface area (Å²) in [5, 5.41) is 5.72. The number of amides is 2. The van der Waals surface area contributed by atoms with E-state index in [1.807, 2.05) is 13.8 Å². The van der Waals surface area contributed by atoms with Gasteiger partial charge in [0.05, 0.1) is 6.61 Å². The van der Waals surface area contributed by atoms with Crippen molar-refractivity contribution in [3.63, 3.8) is 0 Å². The molecule has 7 N–H and O–H groups in total. The van der Waals surface area contributed by atoms with Crippen LogP contribution < -0.4 is 32.4 Å². The number of nitrogens with one attached hydrogen (secondary N) is 3. The van der Waals surface area contributed by atoms with Gasteiger partial charge >= 0.3 is 0 Å². The molecule has 0 saturated carbocycles. The summed E-state index contributed by atoms with van der Waals surface area (Å²) in [5.41, 5.74) is 10.2. The lowest BCUT2D eigenvalue weighted by Crippen LogP contribution is -2.38. The van der Waals surface area contributed by atoms with E-state index in [9.17, 15) is 14.4 Å². The second-order valence-electron chi connectivity index (χ2n) is 7.22. The Kier molecular flexibility index (Phi) is 8.38. The van der Waals surface area contributed by atoms with Crippen LogP contribution in [0.5, 0.6) is 5.75 Å². The van der Waals surface area contributed by atoms with Crippen molar-refractivity contribution in [2.75, 3.05) is 31.0 Å². The van der Waals surface area contributed by atoms with Crippen LogP contribution in [0.15, 0.2) is 29.1 Å². The molecule has 1 atom stereocenters. The first kappa shape index (κ1) is 23.7. The minimum absolute atomic E-state index is 0.0125. The highest BCUT2D eigenvalue weighted by Crippen LogP contribution is 2.21. The van der Waals surface area contributed by atoms with Crippen LogP contribution in [0, 0.1) is 5.92 Å². The topological polar surface area (TPSA) is 174 Å². The molecule has 11 nitrogen and oxygen atoms in total. The maximum Gasteiger partial charge on any atom is 0.267 e. The highest BCUT2D eigenvalue weighted by atomic mass is 16.5. The van der Waals surface area contributed by atoms with Crippen molar-refractivity contribution in [1.82, 2.24) is 9.97 Å². The first-order chi connectivity index (χ1) is 14.7. The highest BCUT2D eigenvalue weighted by Gasteiger charge is 2.21. The van der Waals surface area contributed by atoms with Crippen molar-refractivity contribution in [2.24, 2.45) is 17.4 Å². The van der Waals surface area contributed by atoms with Crippen LogP contribution in [0.25, 0.3) is 0 Å². The number of H-pyrrole nitrogens is 1. The Bertz CT molecular complexity index is 958. The molecule has 0 fully saturated rings. The number of benzene rings is 1. The Labute approximate surface area is 179 Å². The van der Waals surface area contributed by atoms with Crippen LogP contribution in [0.3, 0.4) is 0 Å². The Hall–Kier alpha value is -3.60. The van der Waals surface area contributed by atoms with E-state index in [1.165, 1.54) is 0 Å². The van der Waals surface area contributed by atoms with Crippen LogP contribution in [-0.2, 0) is 9.53 Å². The van der Waals surface area contributed by atoms with E-state index in [1.54, 1.807) is 31.4 Å². The molecule has 0 bridgehead atoms. The molecule has 0 aliphatic heterocycles. The van der Waals surface area contributed by atoms with Crippen LogP contribution >= 0.6 is 0 Å². The zero-order valence-electron chi connectivity index (χ0n) is 17.7. The minimum Gasteiger partial charge on any atom is -0.491 e. The fourth-order valence-electron chi connectivity index (χ4n) is 2.76. The smallest absolute Gasteiger partial charge is 0.267 e. The van der Waals surface area contributed by atoms with Crippen molar-refractivity contribution in [1.29, 1.82) is 0 Å². The zero-order valence-corrected chi connectivity index (χ0v) is 17.7. The molecule has 0 saturated heterocycles. The molecule has 0 radical (unpaired) electrons. The number of carbonyl (C=O) groups is 2. The van der Waals surface area contributed by atoms with E-state index in [-0.39, 0.29) is 23.2 Å². The summed E-state index contributed by atoms with van der Waals surface area (Å²) in [5.74, 6) is -0.813. The third-order valence-corrected chi connectivity index (χ3v) is 4.20. The van der Waals surface area contributed by atoms with Gasteiger partial charge in [-0.2, -0.15) is 4.98 Å². The van der Waals surface area contributed by atoms with Gasteiger partial charge in [0.25, 0.3) is 11.5 Å². The molecular weight excluding hydrogens is 404 g/mol. The van der Waals surface area contributed by atoms with Crippen molar-refractivity contribution < 1.29 is 19.1 Å². The molecule has 1 aromatic heterocycles. The number of hydrogen-bond donors (Lipinski definition) is 5. The van der Waals surface area contributed by atoms with Gasteiger partial charge in [-0.15, -0.1) is 0 Å². The largest absolute Gasteiger partial charge is 0.491 e. The normalized spacial score (nSPS) is 11.7. The number of hydrogen-bond acceptors (Lipinski definition) is 8. The molecule has 168 valence electrons. The Morgan fingerprint density at radius 2 is 1.84 bits per heavy atom. The summed E-state index contributed by atoms with van der Waals surface area (Å²) in [6.07, 6.45) is 0.434. The summed E-state index contributed by atoms with van der Waals surface area (Å²) in [4.78, 5) is 42.6. The summed E-state index contributed by atoms with van der Waals surface area (Å²) < 4.78 is 10.4. The second kappa shape index (κ2) is 11.0. The van der Waals surface area contributed by atoms with E-state index in [2.05, 4.69) is 20.6 Å². The molecule has 1 unspecified atom stereocenters. The van der Waals surface area contributed by atoms with Gasteiger partial charge in [-0.1, -0.05) is 13.8 Å². The highest BCUT2D eigenvalue weighted by molar-refractivity contribution is 5.98. The van der Waals surface area contributed by atoms with E-state index >= 15 is 0 Å². The van der Waals surface area contributed by atoms with Gasteiger partial charge in [0.1, 0.15) is 24.0 Å². The Balaban J connectivity index is 2.29. The number of ether oxygens (including phenoxy) is 2. The van der Waals surface area contributed by atoms with Gasteiger partial charge in [0, 0.05) is 12.8 Å². The average Bonchev–Trinajstić information content (AvgIpc) is 2.68. The quantitative estimate of drug-likeness (QED) is 0.308. The van der Waals surface area contributed by atoms with Crippen LogP contribution in [0.1, 0.15) is 30.6 Å². The van der Waals surface area contributed by atoms with Gasteiger partial charge in [0.15, 0.2) is 5.82 Å². The number of aromatic nitrogens is 2. The molecule has 2 aromatic rings. The first-order valence-corrected chi connectivity index (χ1v) is 9.70. The SMILES string of the molecule is COCCOc1ccc(Nc2nc(NC(CC(C)C)C(N)=O)[nH]c(=O)c2C(N)=O)cc1. The summed E-state index contributed by atoms with van der Waals surface area (Å²) in [6.45, 7) is 4.72.